The first-order chi connectivity index (χ1) is 12.0. The first-order valence-electron chi connectivity index (χ1n) is 8.78. The number of methoxy groups -OCH3 is 1. The van der Waals surface area contributed by atoms with E-state index in [0.717, 1.165) is 38.5 Å². The summed E-state index contributed by atoms with van der Waals surface area (Å²) in [6, 6.07) is 8.04. The van der Waals surface area contributed by atoms with E-state index in [4.69, 9.17) is 4.74 Å². The maximum absolute atomic E-state index is 12.8. The van der Waals surface area contributed by atoms with Crippen molar-refractivity contribution in [1.82, 2.24) is 18.4 Å². The Hall–Kier alpha value is -1.19. The standard InChI is InChI=1S/C17H28N4O3S/c1-18-6-10-20(11-7-18)25(22,23)21-12-8-19(9-13-21)15-16-4-3-5-17(14-16)24-2/h3-5,14H,6-13,15H2,1-2H3. The Balaban J connectivity index is 1.54. The van der Waals surface area contributed by atoms with Crippen molar-refractivity contribution in [3.8, 4) is 5.75 Å². The minimum absolute atomic E-state index is 0.554. The van der Waals surface area contributed by atoms with Crippen LogP contribution in [0, 0.1) is 0 Å². The van der Waals surface area contributed by atoms with Gasteiger partial charge in [0.05, 0.1) is 7.11 Å². The molecule has 0 unspecified atom stereocenters. The van der Waals surface area contributed by atoms with Crippen LogP contribution >= 0.6 is 0 Å². The molecule has 0 aliphatic carbocycles. The van der Waals surface area contributed by atoms with Gasteiger partial charge in [0, 0.05) is 58.9 Å². The lowest BCUT2D eigenvalue weighted by atomic mass is 10.2. The van der Waals surface area contributed by atoms with E-state index in [1.165, 1.54) is 5.56 Å². The molecule has 140 valence electrons. The van der Waals surface area contributed by atoms with E-state index in [-0.39, 0.29) is 0 Å². The average Bonchev–Trinajstić information content (AvgIpc) is 2.63. The fourth-order valence-electron chi connectivity index (χ4n) is 3.33. The molecule has 0 atom stereocenters. The Morgan fingerprint density at radius 3 is 2.16 bits per heavy atom. The van der Waals surface area contributed by atoms with Gasteiger partial charge in [-0.2, -0.15) is 17.0 Å². The summed E-state index contributed by atoms with van der Waals surface area (Å²) in [5.74, 6) is 0.855. The maximum atomic E-state index is 12.8. The predicted octanol–water partition coefficient (Wildman–Crippen LogP) is 0.305. The zero-order valence-electron chi connectivity index (χ0n) is 15.1. The van der Waals surface area contributed by atoms with Crippen molar-refractivity contribution < 1.29 is 13.2 Å². The summed E-state index contributed by atoms with van der Waals surface area (Å²) in [5, 5.41) is 0. The minimum Gasteiger partial charge on any atom is -0.497 e. The number of nitrogens with zero attached hydrogens (tertiary/aromatic N) is 4. The third-order valence-electron chi connectivity index (χ3n) is 4.99. The molecular weight excluding hydrogens is 340 g/mol. The highest BCUT2D eigenvalue weighted by Crippen LogP contribution is 2.18. The molecule has 3 rings (SSSR count). The number of rotatable bonds is 5. The van der Waals surface area contributed by atoms with Crippen LogP contribution in [0.3, 0.4) is 0 Å². The van der Waals surface area contributed by atoms with E-state index in [1.54, 1.807) is 15.7 Å². The Morgan fingerprint density at radius 1 is 0.960 bits per heavy atom. The van der Waals surface area contributed by atoms with Crippen molar-refractivity contribution in [2.24, 2.45) is 0 Å². The van der Waals surface area contributed by atoms with Gasteiger partial charge in [-0.1, -0.05) is 12.1 Å². The van der Waals surface area contributed by atoms with Crippen LogP contribution in [0.2, 0.25) is 0 Å². The second kappa shape index (κ2) is 8.01. The molecule has 2 fully saturated rings. The Labute approximate surface area is 150 Å². The molecule has 1 aromatic rings. The van der Waals surface area contributed by atoms with Crippen molar-refractivity contribution in [2.75, 3.05) is 66.5 Å². The summed E-state index contributed by atoms with van der Waals surface area (Å²) in [6.07, 6.45) is 0. The van der Waals surface area contributed by atoms with Gasteiger partial charge in [0.15, 0.2) is 0 Å². The predicted molar refractivity (Wildman–Crippen MR) is 97.8 cm³/mol. The molecule has 0 radical (unpaired) electrons. The summed E-state index contributed by atoms with van der Waals surface area (Å²) in [4.78, 5) is 4.46. The first-order valence-corrected chi connectivity index (χ1v) is 10.2. The van der Waals surface area contributed by atoms with Crippen LogP contribution < -0.4 is 4.74 Å². The monoisotopic (exact) mass is 368 g/mol. The molecular formula is C17H28N4O3S. The van der Waals surface area contributed by atoms with Gasteiger partial charge >= 0.3 is 0 Å². The highest BCUT2D eigenvalue weighted by atomic mass is 32.2. The number of hydrogen-bond donors (Lipinski definition) is 0. The van der Waals surface area contributed by atoms with Gasteiger partial charge in [0.25, 0.3) is 10.2 Å². The van der Waals surface area contributed by atoms with Gasteiger partial charge in [-0.25, -0.2) is 0 Å². The normalized spacial score (nSPS) is 22.2. The van der Waals surface area contributed by atoms with Gasteiger partial charge in [0.1, 0.15) is 5.75 Å². The maximum Gasteiger partial charge on any atom is 0.282 e. The smallest absolute Gasteiger partial charge is 0.282 e. The molecule has 0 spiro atoms. The van der Waals surface area contributed by atoms with Crippen LogP contribution in [0.15, 0.2) is 24.3 Å². The molecule has 8 heteroatoms. The van der Waals surface area contributed by atoms with Crippen molar-refractivity contribution in [2.45, 2.75) is 6.54 Å². The van der Waals surface area contributed by atoms with E-state index in [9.17, 15) is 8.42 Å². The van der Waals surface area contributed by atoms with E-state index in [0.29, 0.717) is 26.2 Å². The number of likely N-dealkylation sites (N-methyl/N-ethyl adjacent to an activating group) is 1. The van der Waals surface area contributed by atoms with Crippen molar-refractivity contribution in [1.29, 1.82) is 0 Å². The number of hydrogen-bond acceptors (Lipinski definition) is 5. The van der Waals surface area contributed by atoms with Crippen LogP contribution in [-0.2, 0) is 16.8 Å². The third-order valence-corrected chi connectivity index (χ3v) is 7.02. The van der Waals surface area contributed by atoms with E-state index < -0.39 is 10.2 Å². The highest BCUT2D eigenvalue weighted by molar-refractivity contribution is 7.86. The first kappa shape index (κ1) is 18.6. The molecule has 2 aliphatic rings. The van der Waals surface area contributed by atoms with E-state index in [2.05, 4.69) is 15.9 Å². The number of piperazine rings is 2. The van der Waals surface area contributed by atoms with Gasteiger partial charge in [-0.05, 0) is 24.7 Å². The lowest BCUT2D eigenvalue weighted by Crippen LogP contribution is -2.56. The molecule has 2 heterocycles. The fourth-order valence-corrected chi connectivity index (χ4v) is 4.91. The second-order valence-corrected chi connectivity index (χ2v) is 8.67. The Bertz CT molecular complexity index is 666. The lowest BCUT2D eigenvalue weighted by molar-refractivity contribution is 0.165. The molecule has 25 heavy (non-hydrogen) atoms. The molecule has 1 aromatic carbocycles. The minimum atomic E-state index is -3.32. The van der Waals surface area contributed by atoms with Crippen LogP contribution in [0.5, 0.6) is 5.75 Å². The summed E-state index contributed by atoms with van der Waals surface area (Å²) in [7, 11) is 0.375. The van der Waals surface area contributed by atoms with Crippen molar-refractivity contribution in [3.05, 3.63) is 29.8 Å². The number of ether oxygens (including phenoxy) is 1. The van der Waals surface area contributed by atoms with E-state index in [1.807, 2.05) is 25.2 Å². The summed E-state index contributed by atoms with van der Waals surface area (Å²) >= 11 is 0. The van der Waals surface area contributed by atoms with E-state index >= 15 is 0 Å². The molecule has 0 saturated carbocycles. The molecule has 2 aliphatic heterocycles. The van der Waals surface area contributed by atoms with Gasteiger partial charge in [-0.3, -0.25) is 4.90 Å². The van der Waals surface area contributed by atoms with Crippen LogP contribution in [0.25, 0.3) is 0 Å². The second-order valence-electron chi connectivity index (χ2n) is 6.74. The molecule has 2 saturated heterocycles. The van der Waals surface area contributed by atoms with Crippen molar-refractivity contribution in [3.63, 3.8) is 0 Å². The largest absolute Gasteiger partial charge is 0.497 e. The van der Waals surface area contributed by atoms with Crippen molar-refractivity contribution >= 4 is 10.2 Å². The molecule has 0 aromatic heterocycles. The molecule has 0 bridgehead atoms. The zero-order chi connectivity index (χ0) is 17.9. The Kier molecular flexibility index (Phi) is 5.96. The van der Waals surface area contributed by atoms with Crippen LogP contribution in [-0.4, -0.2) is 93.3 Å². The van der Waals surface area contributed by atoms with Gasteiger partial charge in [0.2, 0.25) is 0 Å². The van der Waals surface area contributed by atoms with Crippen LogP contribution in [0.1, 0.15) is 5.56 Å². The molecule has 7 nitrogen and oxygen atoms in total. The highest BCUT2D eigenvalue weighted by Gasteiger charge is 2.33. The zero-order valence-corrected chi connectivity index (χ0v) is 15.9. The summed E-state index contributed by atoms with van der Waals surface area (Å²) in [5.41, 5.74) is 1.19. The lowest BCUT2D eigenvalue weighted by Gasteiger charge is -2.39. The fraction of sp³-hybridized carbons (Fsp3) is 0.647. The quantitative estimate of drug-likeness (QED) is 0.749. The SMILES string of the molecule is COc1cccc(CN2CCN(S(=O)(=O)N3CCN(C)CC3)CC2)c1. The third kappa shape index (κ3) is 4.51. The van der Waals surface area contributed by atoms with Crippen LogP contribution in [0.4, 0.5) is 0 Å². The van der Waals surface area contributed by atoms with Gasteiger partial charge < -0.3 is 9.64 Å². The topological polar surface area (TPSA) is 56.3 Å². The van der Waals surface area contributed by atoms with Gasteiger partial charge in [-0.15, -0.1) is 0 Å². The Morgan fingerprint density at radius 2 is 1.56 bits per heavy atom. The molecule has 0 N–H and O–H groups in total. The summed E-state index contributed by atoms with van der Waals surface area (Å²) in [6.45, 7) is 6.21. The summed E-state index contributed by atoms with van der Waals surface area (Å²) < 4.78 is 34.1. The number of benzene rings is 1. The average molecular weight is 369 g/mol. The molecule has 0 amide bonds.